The van der Waals surface area contributed by atoms with Gasteiger partial charge in [-0.3, -0.25) is 4.79 Å². The molecule has 0 bridgehead atoms. The number of hydrogen-bond acceptors (Lipinski definition) is 3. The van der Waals surface area contributed by atoms with Crippen molar-refractivity contribution in [1.29, 1.82) is 0 Å². The van der Waals surface area contributed by atoms with E-state index in [4.69, 9.17) is 21.1 Å². The molecule has 1 N–H and O–H groups in total. The second kappa shape index (κ2) is 4.45. The highest BCUT2D eigenvalue weighted by Crippen LogP contribution is 2.36. The lowest BCUT2D eigenvalue weighted by atomic mass is 9.84. The smallest absolute Gasteiger partial charge is 0.313 e. The summed E-state index contributed by atoms with van der Waals surface area (Å²) in [6.07, 6.45) is 0. The van der Waals surface area contributed by atoms with Crippen LogP contribution in [-0.2, 0) is 5.41 Å². The first kappa shape index (κ1) is 12.0. The number of rotatable bonds is 3. The Hall–Kier alpha value is -1.42. The van der Waals surface area contributed by atoms with Gasteiger partial charge in [-0.2, -0.15) is 0 Å². The maximum Gasteiger partial charge on any atom is 0.313 e. The van der Waals surface area contributed by atoms with Crippen LogP contribution < -0.4 is 14.8 Å². The molecule has 1 aromatic rings. The highest BCUT2D eigenvalue weighted by molar-refractivity contribution is 6.62. The van der Waals surface area contributed by atoms with Crippen molar-refractivity contribution in [2.24, 2.45) is 0 Å². The molecule has 0 aromatic heterocycles. The Balaban J connectivity index is 2.18. The maximum absolute atomic E-state index is 10.7. The zero-order chi connectivity index (χ0) is 12.5. The Kier molecular flexibility index (Phi) is 3.15. The van der Waals surface area contributed by atoms with Crippen LogP contribution in [0.2, 0.25) is 0 Å². The van der Waals surface area contributed by atoms with Gasteiger partial charge < -0.3 is 14.8 Å². The second-order valence-corrected chi connectivity index (χ2v) is 4.92. The minimum absolute atomic E-state index is 0.217. The van der Waals surface area contributed by atoms with Gasteiger partial charge in [-0.05, 0) is 29.3 Å². The van der Waals surface area contributed by atoms with E-state index in [-0.39, 0.29) is 12.2 Å². The molecule has 1 heterocycles. The fourth-order valence-corrected chi connectivity index (χ4v) is 1.78. The molecule has 0 unspecified atom stereocenters. The van der Waals surface area contributed by atoms with Gasteiger partial charge in [0.15, 0.2) is 11.5 Å². The quantitative estimate of drug-likeness (QED) is 0.667. The van der Waals surface area contributed by atoms with E-state index in [0.29, 0.717) is 6.54 Å². The van der Waals surface area contributed by atoms with E-state index in [0.717, 1.165) is 17.1 Å². The number of hydrogen-bond donors (Lipinski definition) is 1. The Morgan fingerprint density at radius 1 is 1.41 bits per heavy atom. The predicted octanol–water partition coefficient (Wildman–Crippen LogP) is 2.64. The van der Waals surface area contributed by atoms with E-state index in [1.807, 2.05) is 32.0 Å². The van der Waals surface area contributed by atoms with Gasteiger partial charge in [-0.25, -0.2) is 0 Å². The van der Waals surface area contributed by atoms with E-state index in [2.05, 4.69) is 5.32 Å². The summed E-state index contributed by atoms with van der Waals surface area (Å²) < 4.78 is 10.6. The first-order valence-electron chi connectivity index (χ1n) is 5.32. The number of carbonyl (C=O) groups is 1. The highest BCUT2D eigenvalue weighted by atomic mass is 35.5. The fourth-order valence-electron chi connectivity index (χ4n) is 1.71. The van der Waals surface area contributed by atoms with Crippen molar-refractivity contribution in [1.82, 2.24) is 5.32 Å². The molecular weight excluding hydrogens is 242 g/mol. The predicted molar refractivity (Wildman–Crippen MR) is 64.8 cm³/mol. The fraction of sp³-hybridized carbons (Fsp3) is 0.417. The van der Waals surface area contributed by atoms with E-state index >= 15 is 0 Å². The lowest BCUT2D eigenvalue weighted by molar-refractivity contribution is 0.174. The Bertz CT molecular complexity index is 445. The van der Waals surface area contributed by atoms with Crippen molar-refractivity contribution in [3.63, 3.8) is 0 Å². The van der Waals surface area contributed by atoms with Crippen LogP contribution in [0.4, 0.5) is 4.79 Å². The van der Waals surface area contributed by atoms with Crippen LogP contribution in [-0.4, -0.2) is 18.7 Å². The Morgan fingerprint density at radius 3 is 2.82 bits per heavy atom. The van der Waals surface area contributed by atoms with Gasteiger partial charge in [0.05, 0.1) is 0 Å². The number of fused-ring (bicyclic) bond motifs is 1. The third kappa shape index (κ3) is 2.64. The van der Waals surface area contributed by atoms with Crippen LogP contribution in [0.1, 0.15) is 19.4 Å². The molecule has 17 heavy (non-hydrogen) atoms. The molecular formula is C12H14ClNO3. The molecule has 1 aliphatic rings. The van der Waals surface area contributed by atoms with Gasteiger partial charge in [-0.15, -0.1) is 0 Å². The third-order valence-corrected chi connectivity index (χ3v) is 2.96. The molecule has 0 saturated carbocycles. The number of amides is 1. The van der Waals surface area contributed by atoms with Crippen LogP contribution >= 0.6 is 11.6 Å². The van der Waals surface area contributed by atoms with E-state index in [1.165, 1.54) is 0 Å². The summed E-state index contributed by atoms with van der Waals surface area (Å²) >= 11 is 5.27. The van der Waals surface area contributed by atoms with Gasteiger partial charge in [0.2, 0.25) is 6.79 Å². The lowest BCUT2D eigenvalue weighted by Gasteiger charge is -2.25. The summed E-state index contributed by atoms with van der Waals surface area (Å²) in [7, 11) is 0. The molecule has 1 amide bonds. The Labute approximate surface area is 105 Å². The van der Waals surface area contributed by atoms with Gasteiger partial charge in [-0.1, -0.05) is 19.9 Å². The van der Waals surface area contributed by atoms with E-state index < -0.39 is 5.37 Å². The number of halogens is 1. The zero-order valence-electron chi connectivity index (χ0n) is 9.75. The first-order valence-corrected chi connectivity index (χ1v) is 5.70. The Morgan fingerprint density at radius 2 is 2.12 bits per heavy atom. The number of nitrogens with one attached hydrogen (secondary N) is 1. The largest absolute Gasteiger partial charge is 0.454 e. The summed E-state index contributed by atoms with van der Waals surface area (Å²) in [6.45, 7) is 4.78. The summed E-state index contributed by atoms with van der Waals surface area (Å²) in [5.74, 6) is 1.50. The minimum atomic E-state index is -0.543. The monoisotopic (exact) mass is 255 g/mol. The standard InChI is InChI=1S/C12H14ClNO3/c1-12(2,6-14-11(13)15)8-3-4-9-10(5-8)17-7-16-9/h3-5H,6-7H2,1-2H3,(H,14,15). The average Bonchev–Trinajstić information content (AvgIpc) is 2.73. The van der Waals surface area contributed by atoms with Crippen molar-refractivity contribution in [2.45, 2.75) is 19.3 Å². The summed E-state index contributed by atoms with van der Waals surface area (Å²) in [5, 5.41) is 2.06. The minimum Gasteiger partial charge on any atom is -0.454 e. The van der Waals surface area contributed by atoms with Crippen molar-refractivity contribution >= 4 is 17.0 Å². The zero-order valence-corrected chi connectivity index (χ0v) is 10.5. The van der Waals surface area contributed by atoms with E-state index in [9.17, 15) is 4.79 Å². The average molecular weight is 256 g/mol. The van der Waals surface area contributed by atoms with E-state index in [1.54, 1.807) is 0 Å². The normalized spacial score (nSPS) is 13.6. The van der Waals surface area contributed by atoms with Crippen molar-refractivity contribution in [3.05, 3.63) is 23.8 Å². The van der Waals surface area contributed by atoms with Gasteiger partial charge >= 0.3 is 5.37 Å². The van der Waals surface area contributed by atoms with Crippen LogP contribution in [0.15, 0.2) is 18.2 Å². The molecule has 1 aliphatic heterocycles. The lowest BCUT2D eigenvalue weighted by Crippen LogP contribution is -2.34. The topological polar surface area (TPSA) is 47.6 Å². The molecule has 0 aliphatic carbocycles. The second-order valence-electron chi connectivity index (χ2n) is 4.58. The molecule has 0 spiro atoms. The molecule has 5 heteroatoms. The third-order valence-electron chi connectivity index (χ3n) is 2.82. The van der Waals surface area contributed by atoms with Crippen LogP contribution in [0.25, 0.3) is 0 Å². The molecule has 0 radical (unpaired) electrons. The molecule has 0 fully saturated rings. The molecule has 1 aromatic carbocycles. The number of carbonyl (C=O) groups excluding carboxylic acids is 1. The summed E-state index contributed by atoms with van der Waals surface area (Å²) in [6, 6.07) is 5.78. The molecule has 92 valence electrons. The van der Waals surface area contributed by atoms with Crippen LogP contribution in [0.3, 0.4) is 0 Å². The first-order chi connectivity index (χ1) is 7.99. The summed E-state index contributed by atoms with van der Waals surface area (Å²) in [4.78, 5) is 10.7. The SMILES string of the molecule is CC(C)(CNC(=O)Cl)c1ccc2c(c1)OCO2. The molecule has 0 atom stereocenters. The van der Waals surface area contributed by atoms with Crippen molar-refractivity contribution in [3.8, 4) is 11.5 Å². The van der Waals surface area contributed by atoms with Crippen LogP contribution in [0.5, 0.6) is 11.5 Å². The summed E-state index contributed by atoms with van der Waals surface area (Å²) in [5.41, 5.74) is 0.845. The van der Waals surface area contributed by atoms with Gasteiger partial charge in [0, 0.05) is 12.0 Å². The molecule has 4 nitrogen and oxygen atoms in total. The van der Waals surface area contributed by atoms with Gasteiger partial charge in [0.25, 0.3) is 0 Å². The highest BCUT2D eigenvalue weighted by Gasteiger charge is 2.24. The number of benzene rings is 1. The van der Waals surface area contributed by atoms with Crippen molar-refractivity contribution in [2.75, 3.05) is 13.3 Å². The van der Waals surface area contributed by atoms with Gasteiger partial charge in [0.1, 0.15) is 0 Å². The molecule has 0 saturated heterocycles. The molecule has 2 rings (SSSR count). The van der Waals surface area contributed by atoms with Crippen molar-refractivity contribution < 1.29 is 14.3 Å². The maximum atomic E-state index is 10.7. The van der Waals surface area contributed by atoms with Crippen LogP contribution in [0, 0.1) is 0 Å². The number of ether oxygens (including phenoxy) is 2.